The van der Waals surface area contributed by atoms with Gasteiger partial charge in [-0.05, 0) is 32.0 Å². The Morgan fingerprint density at radius 1 is 1.39 bits per heavy atom. The molecular formula is C18H22N2O3. The first-order valence-electron chi connectivity index (χ1n) is 7.86. The monoisotopic (exact) mass is 314 g/mol. The molecule has 0 bridgehead atoms. The van der Waals surface area contributed by atoms with Crippen molar-refractivity contribution in [2.24, 2.45) is 5.92 Å². The number of hydrogen-bond acceptors (Lipinski definition) is 4. The SMILES string of the molecule is COC[C@@H]1CN(C(=O)c2cc(C)oc2C)C[C@H]1c1ccccn1. The number of nitrogens with zero attached hydrogens (tertiary/aromatic N) is 2. The average Bonchev–Trinajstić information content (AvgIpc) is 3.11. The van der Waals surface area contributed by atoms with Gasteiger partial charge in [0.2, 0.25) is 0 Å². The van der Waals surface area contributed by atoms with Crippen LogP contribution in [0.2, 0.25) is 0 Å². The molecule has 0 N–H and O–H groups in total. The summed E-state index contributed by atoms with van der Waals surface area (Å²) in [6.45, 7) is 5.65. The Balaban J connectivity index is 1.82. The predicted octanol–water partition coefficient (Wildman–Crippen LogP) is 2.79. The van der Waals surface area contributed by atoms with Crippen LogP contribution in [0.5, 0.6) is 0 Å². The molecule has 122 valence electrons. The van der Waals surface area contributed by atoms with Crippen molar-refractivity contribution in [1.82, 2.24) is 9.88 Å². The van der Waals surface area contributed by atoms with Crippen molar-refractivity contribution in [2.75, 3.05) is 26.8 Å². The maximum Gasteiger partial charge on any atom is 0.257 e. The van der Waals surface area contributed by atoms with Crippen molar-refractivity contribution in [1.29, 1.82) is 0 Å². The first kappa shape index (κ1) is 15.7. The quantitative estimate of drug-likeness (QED) is 0.871. The minimum absolute atomic E-state index is 0.0267. The van der Waals surface area contributed by atoms with Gasteiger partial charge in [-0.2, -0.15) is 0 Å². The van der Waals surface area contributed by atoms with E-state index in [0.29, 0.717) is 31.0 Å². The minimum atomic E-state index is 0.0267. The first-order valence-corrected chi connectivity index (χ1v) is 7.86. The lowest BCUT2D eigenvalue weighted by Gasteiger charge is -2.16. The number of methoxy groups -OCH3 is 1. The third kappa shape index (κ3) is 3.15. The fourth-order valence-corrected chi connectivity index (χ4v) is 3.36. The lowest BCUT2D eigenvalue weighted by atomic mass is 9.93. The molecule has 1 saturated heterocycles. The molecule has 2 aromatic heterocycles. The third-order valence-electron chi connectivity index (χ3n) is 4.45. The van der Waals surface area contributed by atoms with Crippen LogP contribution in [-0.4, -0.2) is 42.6 Å². The average molecular weight is 314 g/mol. The van der Waals surface area contributed by atoms with E-state index in [0.717, 1.165) is 11.5 Å². The molecule has 0 radical (unpaired) electrons. The van der Waals surface area contributed by atoms with Crippen LogP contribution in [0.1, 0.15) is 33.5 Å². The Labute approximate surface area is 136 Å². The molecule has 0 aromatic carbocycles. The highest BCUT2D eigenvalue weighted by atomic mass is 16.5. The van der Waals surface area contributed by atoms with Crippen molar-refractivity contribution >= 4 is 5.91 Å². The summed E-state index contributed by atoms with van der Waals surface area (Å²) in [6, 6.07) is 7.73. The number of furan rings is 1. The zero-order chi connectivity index (χ0) is 16.4. The van der Waals surface area contributed by atoms with Crippen LogP contribution < -0.4 is 0 Å². The van der Waals surface area contributed by atoms with Crippen LogP contribution >= 0.6 is 0 Å². The van der Waals surface area contributed by atoms with Gasteiger partial charge in [-0.25, -0.2) is 0 Å². The van der Waals surface area contributed by atoms with Crippen molar-refractivity contribution in [3.05, 3.63) is 53.2 Å². The molecule has 0 aliphatic carbocycles. The Hall–Kier alpha value is -2.14. The Bertz CT molecular complexity index is 681. The summed E-state index contributed by atoms with van der Waals surface area (Å²) in [6.07, 6.45) is 1.80. The number of ether oxygens (including phenoxy) is 1. The van der Waals surface area contributed by atoms with Gasteiger partial charge in [-0.15, -0.1) is 0 Å². The molecule has 3 heterocycles. The molecule has 0 saturated carbocycles. The number of pyridine rings is 1. The van der Waals surface area contributed by atoms with E-state index in [2.05, 4.69) is 4.98 Å². The predicted molar refractivity (Wildman–Crippen MR) is 86.4 cm³/mol. The van der Waals surface area contributed by atoms with Crippen LogP contribution in [0.25, 0.3) is 0 Å². The standard InChI is InChI=1S/C18H22N2O3/c1-12-8-15(13(2)23-12)18(21)20-9-14(11-22-3)16(10-20)17-6-4-5-7-19-17/h4-8,14,16H,9-11H2,1-3H3/t14-,16+/m0/s1. The number of carbonyl (C=O) groups excluding carboxylic acids is 1. The van der Waals surface area contributed by atoms with Crippen molar-refractivity contribution < 1.29 is 13.9 Å². The number of amides is 1. The second kappa shape index (κ2) is 6.54. The molecule has 23 heavy (non-hydrogen) atoms. The van der Waals surface area contributed by atoms with Crippen LogP contribution in [0.15, 0.2) is 34.9 Å². The largest absolute Gasteiger partial charge is 0.466 e. The number of hydrogen-bond donors (Lipinski definition) is 0. The van der Waals surface area contributed by atoms with Crippen molar-refractivity contribution in [3.8, 4) is 0 Å². The van der Waals surface area contributed by atoms with Crippen molar-refractivity contribution in [2.45, 2.75) is 19.8 Å². The second-order valence-corrected chi connectivity index (χ2v) is 6.11. The van der Waals surface area contributed by atoms with Crippen LogP contribution in [0.3, 0.4) is 0 Å². The lowest BCUT2D eigenvalue weighted by molar-refractivity contribution is 0.0773. The van der Waals surface area contributed by atoms with E-state index in [1.165, 1.54) is 0 Å². The van der Waals surface area contributed by atoms with Gasteiger partial charge in [0, 0.05) is 43.9 Å². The summed E-state index contributed by atoms with van der Waals surface area (Å²) in [5.41, 5.74) is 1.67. The van der Waals surface area contributed by atoms with E-state index in [1.807, 2.05) is 43.0 Å². The maximum absolute atomic E-state index is 12.8. The van der Waals surface area contributed by atoms with E-state index in [9.17, 15) is 4.79 Å². The molecule has 3 rings (SSSR count). The Morgan fingerprint density at radius 2 is 2.22 bits per heavy atom. The van der Waals surface area contributed by atoms with E-state index in [1.54, 1.807) is 13.3 Å². The van der Waals surface area contributed by atoms with E-state index in [4.69, 9.17) is 9.15 Å². The molecular weight excluding hydrogens is 292 g/mol. The molecule has 1 aliphatic rings. The van der Waals surface area contributed by atoms with Gasteiger partial charge >= 0.3 is 0 Å². The molecule has 5 nitrogen and oxygen atoms in total. The molecule has 2 aromatic rings. The fraction of sp³-hybridized carbons (Fsp3) is 0.444. The summed E-state index contributed by atoms with van der Waals surface area (Å²) in [7, 11) is 1.70. The zero-order valence-corrected chi connectivity index (χ0v) is 13.8. The Morgan fingerprint density at radius 3 is 2.83 bits per heavy atom. The number of likely N-dealkylation sites (tertiary alicyclic amines) is 1. The van der Waals surface area contributed by atoms with Gasteiger partial charge in [-0.3, -0.25) is 9.78 Å². The summed E-state index contributed by atoms with van der Waals surface area (Å²) in [5.74, 6) is 1.93. The van der Waals surface area contributed by atoms with Gasteiger partial charge < -0.3 is 14.1 Å². The fourth-order valence-electron chi connectivity index (χ4n) is 3.36. The van der Waals surface area contributed by atoms with Crippen molar-refractivity contribution in [3.63, 3.8) is 0 Å². The van der Waals surface area contributed by atoms with Crippen LogP contribution in [-0.2, 0) is 4.74 Å². The number of aromatic nitrogens is 1. The molecule has 1 amide bonds. The third-order valence-corrected chi connectivity index (χ3v) is 4.45. The summed E-state index contributed by atoms with van der Waals surface area (Å²) < 4.78 is 10.9. The highest BCUT2D eigenvalue weighted by Crippen LogP contribution is 2.33. The van der Waals surface area contributed by atoms with E-state index >= 15 is 0 Å². The second-order valence-electron chi connectivity index (χ2n) is 6.11. The zero-order valence-electron chi connectivity index (χ0n) is 13.8. The normalized spacial score (nSPS) is 20.9. The molecule has 0 unspecified atom stereocenters. The summed E-state index contributed by atoms with van der Waals surface area (Å²) in [4.78, 5) is 19.2. The minimum Gasteiger partial charge on any atom is -0.466 e. The number of aryl methyl sites for hydroxylation is 2. The molecule has 1 aliphatic heterocycles. The van der Waals surface area contributed by atoms with E-state index < -0.39 is 0 Å². The van der Waals surface area contributed by atoms with Gasteiger partial charge in [0.1, 0.15) is 11.5 Å². The smallest absolute Gasteiger partial charge is 0.257 e. The number of carbonyl (C=O) groups is 1. The summed E-state index contributed by atoms with van der Waals surface area (Å²) in [5, 5.41) is 0. The highest BCUT2D eigenvalue weighted by molar-refractivity contribution is 5.95. The topological polar surface area (TPSA) is 55.6 Å². The molecule has 1 fully saturated rings. The lowest BCUT2D eigenvalue weighted by Crippen LogP contribution is -2.29. The highest BCUT2D eigenvalue weighted by Gasteiger charge is 2.37. The Kier molecular flexibility index (Phi) is 4.48. The maximum atomic E-state index is 12.8. The molecule has 5 heteroatoms. The van der Waals surface area contributed by atoms with Crippen LogP contribution in [0, 0.1) is 19.8 Å². The van der Waals surface area contributed by atoms with Gasteiger partial charge in [0.05, 0.1) is 12.2 Å². The van der Waals surface area contributed by atoms with Gasteiger partial charge in [0.15, 0.2) is 0 Å². The molecule has 0 spiro atoms. The summed E-state index contributed by atoms with van der Waals surface area (Å²) >= 11 is 0. The van der Waals surface area contributed by atoms with Gasteiger partial charge in [-0.1, -0.05) is 6.07 Å². The van der Waals surface area contributed by atoms with Gasteiger partial charge in [0.25, 0.3) is 5.91 Å². The van der Waals surface area contributed by atoms with E-state index in [-0.39, 0.29) is 17.7 Å². The number of rotatable bonds is 4. The molecule has 2 atom stereocenters. The van der Waals surface area contributed by atoms with Crippen LogP contribution in [0.4, 0.5) is 0 Å². The first-order chi connectivity index (χ1) is 11.1.